The van der Waals surface area contributed by atoms with Crippen LogP contribution in [0.15, 0.2) is 36.4 Å². The Morgan fingerprint density at radius 2 is 1.62 bits per heavy atom. The first-order chi connectivity index (χ1) is 21.1. The molecule has 0 aromatic heterocycles. The lowest BCUT2D eigenvalue weighted by Crippen LogP contribution is -2.56. The number of carbonyl (C=O) groups excluding carboxylic acids is 1. The molecule has 2 aromatic rings. The van der Waals surface area contributed by atoms with Crippen molar-refractivity contribution in [2.45, 2.75) is 44.2 Å². The zero-order valence-corrected chi connectivity index (χ0v) is 25.6. The predicted molar refractivity (Wildman–Crippen MR) is 155 cm³/mol. The third-order valence-corrected chi connectivity index (χ3v) is 8.12. The van der Waals surface area contributed by atoms with Gasteiger partial charge in [0.15, 0.2) is 11.5 Å². The lowest BCUT2D eigenvalue weighted by Gasteiger charge is -2.41. The molecular formula is C32H37F6N3O4. The van der Waals surface area contributed by atoms with Gasteiger partial charge in [0.25, 0.3) is 5.91 Å². The zero-order valence-electron chi connectivity index (χ0n) is 25.6. The molecule has 1 unspecified atom stereocenters. The largest absolute Gasteiger partial charge is 0.493 e. The van der Waals surface area contributed by atoms with Gasteiger partial charge in [0.1, 0.15) is 0 Å². The number of hydrogen-bond donors (Lipinski definition) is 0. The maximum atomic E-state index is 13.7. The molecule has 0 spiro atoms. The predicted octanol–water partition coefficient (Wildman–Crippen LogP) is 5.22. The van der Waals surface area contributed by atoms with Gasteiger partial charge < -0.3 is 19.1 Å². The summed E-state index contributed by atoms with van der Waals surface area (Å²) in [4.78, 5) is 19.3. The van der Waals surface area contributed by atoms with Crippen LogP contribution in [0.4, 0.5) is 26.3 Å². The van der Waals surface area contributed by atoms with Gasteiger partial charge in [0.2, 0.25) is 0 Å². The van der Waals surface area contributed by atoms with Crippen LogP contribution >= 0.6 is 0 Å². The molecule has 0 radical (unpaired) electrons. The summed E-state index contributed by atoms with van der Waals surface area (Å²) < 4.78 is 97.9. The SMILES string of the molecule is COc1cccc(CC2CN(CC#CCN3CCOCC3(C)C)CCN2C(=O)c2cc(C(F)(F)F)cc(C(F)(F)F)c2)c1OC. The number of rotatable bonds is 7. The minimum absolute atomic E-state index is 0.0179. The molecule has 0 aliphatic carbocycles. The van der Waals surface area contributed by atoms with Gasteiger partial charge in [-0.3, -0.25) is 14.6 Å². The van der Waals surface area contributed by atoms with Crippen LogP contribution in [-0.4, -0.2) is 98.9 Å². The van der Waals surface area contributed by atoms with Gasteiger partial charge in [0.05, 0.1) is 51.6 Å². The van der Waals surface area contributed by atoms with E-state index in [9.17, 15) is 31.1 Å². The third kappa shape index (κ3) is 8.42. The Hall–Kier alpha value is -3.47. The van der Waals surface area contributed by atoms with Crippen molar-refractivity contribution in [2.24, 2.45) is 0 Å². The van der Waals surface area contributed by atoms with Crippen molar-refractivity contribution in [1.29, 1.82) is 0 Å². The molecule has 2 aromatic carbocycles. The minimum Gasteiger partial charge on any atom is -0.493 e. The summed E-state index contributed by atoms with van der Waals surface area (Å²) in [6.07, 6.45) is -9.93. The number of alkyl halides is 6. The van der Waals surface area contributed by atoms with Gasteiger partial charge in [-0.25, -0.2) is 0 Å². The fourth-order valence-electron chi connectivity index (χ4n) is 5.62. The number of ether oxygens (including phenoxy) is 3. The van der Waals surface area contributed by atoms with E-state index in [1.165, 1.54) is 19.1 Å². The lowest BCUT2D eigenvalue weighted by atomic mass is 9.98. The van der Waals surface area contributed by atoms with Crippen LogP contribution in [0.1, 0.15) is 40.9 Å². The Balaban J connectivity index is 1.61. The molecular weight excluding hydrogens is 604 g/mol. The molecule has 2 fully saturated rings. The highest BCUT2D eigenvalue weighted by Gasteiger charge is 2.39. The average Bonchev–Trinajstić information content (AvgIpc) is 2.98. The van der Waals surface area contributed by atoms with E-state index in [2.05, 4.69) is 30.6 Å². The first-order valence-electron chi connectivity index (χ1n) is 14.4. The van der Waals surface area contributed by atoms with Gasteiger partial charge in [0, 0.05) is 48.9 Å². The number of carbonyl (C=O) groups is 1. The van der Waals surface area contributed by atoms with Crippen LogP contribution < -0.4 is 9.47 Å². The molecule has 2 aliphatic heterocycles. The summed E-state index contributed by atoms with van der Waals surface area (Å²) in [5.41, 5.74) is -3.23. The van der Waals surface area contributed by atoms with E-state index < -0.39 is 41.0 Å². The molecule has 2 aliphatic rings. The molecule has 1 amide bonds. The number of amides is 1. The number of nitrogens with zero attached hydrogens (tertiary/aromatic N) is 3. The van der Waals surface area contributed by atoms with Crippen molar-refractivity contribution >= 4 is 5.91 Å². The number of piperazine rings is 1. The van der Waals surface area contributed by atoms with Crippen LogP contribution in [-0.2, 0) is 23.5 Å². The van der Waals surface area contributed by atoms with Crippen LogP contribution in [0, 0.1) is 11.8 Å². The molecule has 45 heavy (non-hydrogen) atoms. The first kappa shape index (κ1) is 34.4. The van der Waals surface area contributed by atoms with Crippen LogP contribution in [0.3, 0.4) is 0 Å². The van der Waals surface area contributed by atoms with Crippen LogP contribution in [0.5, 0.6) is 11.5 Å². The Bertz CT molecular complexity index is 1380. The van der Waals surface area contributed by atoms with Gasteiger partial charge in [-0.15, -0.1) is 0 Å². The number of methoxy groups -OCH3 is 2. The normalized spacial score (nSPS) is 19.5. The maximum Gasteiger partial charge on any atom is 0.416 e. The van der Waals surface area contributed by atoms with E-state index in [4.69, 9.17) is 14.2 Å². The third-order valence-electron chi connectivity index (χ3n) is 8.12. The molecule has 0 saturated carbocycles. The topological polar surface area (TPSA) is 54.5 Å². The second-order valence-corrected chi connectivity index (χ2v) is 11.7. The van der Waals surface area contributed by atoms with Gasteiger partial charge in [-0.2, -0.15) is 26.3 Å². The highest BCUT2D eigenvalue weighted by molar-refractivity contribution is 5.95. The second-order valence-electron chi connectivity index (χ2n) is 11.7. The number of benzene rings is 2. The van der Waals surface area contributed by atoms with Gasteiger partial charge in [-0.05, 0) is 44.5 Å². The quantitative estimate of drug-likeness (QED) is 0.305. The van der Waals surface area contributed by atoms with E-state index in [0.717, 1.165) is 6.54 Å². The summed E-state index contributed by atoms with van der Waals surface area (Å²) in [7, 11) is 2.94. The molecule has 4 rings (SSSR count). The summed E-state index contributed by atoms with van der Waals surface area (Å²) in [5, 5.41) is 0. The Morgan fingerprint density at radius 3 is 2.22 bits per heavy atom. The molecule has 0 N–H and O–H groups in total. The lowest BCUT2D eigenvalue weighted by molar-refractivity contribution is -0.143. The average molecular weight is 642 g/mol. The first-order valence-corrected chi connectivity index (χ1v) is 14.4. The Morgan fingerprint density at radius 1 is 0.956 bits per heavy atom. The number of halogens is 6. The maximum absolute atomic E-state index is 13.7. The van der Waals surface area contributed by atoms with Crippen molar-refractivity contribution in [3.05, 3.63) is 58.7 Å². The molecule has 13 heteroatoms. The number of para-hydroxylation sites is 1. The van der Waals surface area contributed by atoms with Crippen molar-refractivity contribution in [3.63, 3.8) is 0 Å². The van der Waals surface area contributed by atoms with E-state index in [0.29, 0.717) is 62.0 Å². The number of hydrogen-bond acceptors (Lipinski definition) is 6. The molecule has 2 heterocycles. The minimum atomic E-state index is -5.07. The Kier molecular flexibility index (Phi) is 10.6. The van der Waals surface area contributed by atoms with E-state index in [-0.39, 0.29) is 31.1 Å². The summed E-state index contributed by atoms with van der Waals surface area (Å²) in [5.74, 6) is 6.35. The van der Waals surface area contributed by atoms with Crippen molar-refractivity contribution in [3.8, 4) is 23.3 Å². The van der Waals surface area contributed by atoms with E-state index in [1.807, 2.05) is 4.90 Å². The Labute approximate surface area is 259 Å². The number of morpholine rings is 1. The molecule has 0 bridgehead atoms. The summed E-state index contributed by atoms with van der Waals surface area (Å²) >= 11 is 0. The van der Waals surface area contributed by atoms with Gasteiger partial charge in [-0.1, -0.05) is 24.0 Å². The molecule has 1 atom stereocenters. The van der Waals surface area contributed by atoms with Crippen molar-refractivity contribution in [1.82, 2.24) is 14.7 Å². The summed E-state index contributed by atoms with van der Waals surface area (Å²) in [6, 6.07) is 5.58. The standard InChI is InChI=1S/C32H37F6N3O4/c1-30(2)21-45-15-14-40(30)11-6-5-10-39-12-13-41(26(20-39)18-22-8-7-9-27(43-3)28(22)44-4)29(42)23-16-24(31(33,34)35)19-25(17-23)32(36,37)38/h7-9,16-17,19,26H,10-15,18,20-21H2,1-4H3. The fraction of sp³-hybridized carbons (Fsp3) is 0.531. The summed E-state index contributed by atoms with van der Waals surface area (Å²) in [6.45, 7) is 7.80. The fourth-order valence-corrected chi connectivity index (χ4v) is 5.62. The second kappa shape index (κ2) is 13.9. The van der Waals surface area contributed by atoms with E-state index >= 15 is 0 Å². The van der Waals surface area contributed by atoms with Crippen LogP contribution in [0.2, 0.25) is 0 Å². The molecule has 246 valence electrons. The highest BCUT2D eigenvalue weighted by Crippen LogP contribution is 2.37. The zero-order chi connectivity index (χ0) is 33.0. The van der Waals surface area contributed by atoms with Gasteiger partial charge >= 0.3 is 12.4 Å². The smallest absolute Gasteiger partial charge is 0.416 e. The monoisotopic (exact) mass is 641 g/mol. The van der Waals surface area contributed by atoms with Crippen molar-refractivity contribution < 1.29 is 45.3 Å². The molecule has 7 nitrogen and oxygen atoms in total. The van der Waals surface area contributed by atoms with E-state index in [1.54, 1.807) is 18.2 Å². The molecule has 2 saturated heterocycles. The van der Waals surface area contributed by atoms with Crippen LogP contribution in [0.25, 0.3) is 0 Å². The highest BCUT2D eigenvalue weighted by atomic mass is 19.4. The van der Waals surface area contributed by atoms with Crippen molar-refractivity contribution in [2.75, 3.05) is 66.7 Å².